The van der Waals surface area contributed by atoms with Crippen LogP contribution in [0, 0.1) is 0 Å². The van der Waals surface area contributed by atoms with Crippen molar-refractivity contribution in [2.24, 2.45) is 0 Å². The molecule has 2 heterocycles. The van der Waals surface area contributed by atoms with Crippen molar-refractivity contribution in [3.05, 3.63) is 224 Å². The van der Waals surface area contributed by atoms with Crippen LogP contribution < -0.4 is 4.90 Å². The Bertz CT molecular complexity index is 3560. The summed E-state index contributed by atoms with van der Waals surface area (Å²) >= 11 is 0. The first-order valence-corrected chi connectivity index (χ1v) is 20.7. The zero-order valence-corrected chi connectivity index (χ0v) is 33.1. The van der Waals surface area contributed by atoms with Gasteiger partial charge >= 0.3 is 0 Å². The molecule has 0 aliphatic heterocycles. The van der Waals surface area contributed by atoms with E-state index in [2.05, 4.69) is 217 Å². The van der Waals surface area contributed by atoms with Gasteiger partial charge in [-0.05, 0) is 111 Å². The summed E-state index contributed by atoms with van der Waals surface area (Å²) in [6.45, 7) is 0. The van der Waals surface area contributed by atoms with Crippen LogP contribution in [0.4, 0.5) is 17.1 Å². The fraction of sp³-hybridized carbons (Fsp3) is 0. The number of hydrogen-bond acceptors (Lipinski definition) is 3. The molecular weight excluding hydrogens is 743 g/mol. The Morgan fingerprint density at radius 1 is 0.279 bits per heavy atom. The Balaban J connectivity index is 0.960. The first-order chi connectivity index (χ1) is 30.2. The minimum absolute atomic E-state index is 0.856. The smallest absolute Gasteiger partial charge is 0.143 e. The SMILES string of the molecule is c1ccc(-c2ccc(-c3ccc(N(c4ccc(-c5cccc6oc7c8ccccc8ccc7c56)cc4)c4ccc5c(c4)oc4ccccc45)cc3)cc2-c2ccccc2)cc1. The van der Waals surface area contributed by atoms with Gasteiger partial charge in [-0.25, -0.2) is 0 Å². The van der Waals surface area contributed by atoms with Crippen molar-refractivity contribution in [2.45, 2.75) is 0 Å². The summed E-state index contributed by atoms with van der Waals surface area (Å²) in [5.41, 5.74) is 16.1. The third kappa shape index (κ3) is 5.98. The molecule has 0 saturated carbocycles. The standard InChI is InChI=1S/C58H37NO2/c1-3-12-39(13-4-1)47-33-27-43(36-53(47)40-14-5-2-6-15-40)38-22-28-44(29-23-38)59(46-32-35-51-50-18-9-10-20-54(50)60-56(51)37-46)45-30-24-42(25-31-45)48-19-11-21-55-57(48)52-34-26-41-16-7-8-17-49(41)58(52)61-55/h1-37H. The molecule has 3 nitrogen and oxygen atoms in total. The normalized spacial score (nSPS) is 11.6. The van der Waals surface area contributed by atoms with Gasteiger partial charge in [0.2, 0.25) is 0 Å². The fourth-order valence-corrected chi connectivity index (χ4v) is 9.14. The van der Waals surface area contributed by atoms with E-state index in [1.165, 1.54) is 33.2 Å². The summed E-state index contributed by atoms with van der Waals surface area (Å²) in [7, 11) is 0. The molecule has 12 aromatic rings. The van der Waals surface area contributed by atoms with Crippen molar-refractivity contribution < 1.29 is 8.83 Å². The maximum absolute atomic E-state index is 6.54. The molecule has 0 aliphatic carbocycles. The summed E-state index contributed by atoms with van der Waals surface area (Å²) in [5.74, 6) is 0. The van der Waals surface area contributed by atoms with Crippen LogP contribution in [0.25, 0.3) is 99.2 Å². The lowest BCUT2D eigenvalue weighted by molar-refractivity contribution is 0.669. The van der Waals surface area contributed by atoms with Crippen molar-refractivity contribution in [3.8, 4) is 44.5 Å². The van der Waals surface area contributed by atoms with Gasteiger partial charge in [0.05, 0.1) is 0 Å². The summed E-state index contributed by atoms with van der Waals surface area (Å²) in [4.78, 5) is 2.31. The molecule has 3 heteroatoms. The third-order valence-electron chi connectivity index (χ3n) is 12.1. The van der Waals surface area contributed by atoms with Gasteiger partial charge in [-0.2, -0.15) is 0 Å². The largest absolute Gasteiger partial charge is 0.456 e. The van der Waals surface area contributed by atoms with Crippen molar-refractivity contribution >= 4 is 71.7 Å². The Hall–Kier alpha value is -8.14. The van der Waals surface area contributed by atoms with E-state index in [9.17, 15) is 0 Å². The fourth-order valence-electron chi connectivity index (χ4n) is 9.14. The third-order valence-corrected chi connectivity index (χ3v) is 12.1. The van der Waals surface area contributed by atoms with E-state index >= 15 is 0 Å². The number of fused-ring (bicyclic) bond motifs is 8. The molecule has 286 valence electrons. The second kappa shape index (κ2) is 14.3. The van der Waals surface area contributed by atoms with Crippen LogP contribution in [0.2, 0.25) is 0 Å². The van der Waals surface area contributed by atoms with Crippen molar-refractivity contribution in [3.63, 3.8) is 0 Å². The van der Waals surface area contributed by atoms with Crippen LogP contribution in [0.1, 0.15) is 0 Å². The molecule has 0 N–H and O–H groups in total. The highest BCUT2D eigenvalue weighted by Gasteiger charge is 2.19. The summed E-state index contributed by atoms with van der Waals surface area (Å²) in [6, 6.07) is 79.9. The lowest BCUT2D eigenvalue weighted by Crippen LogP contribution is -2.09. The second-order valence-corrected chi connectivity index (χ2v) is 15.6. The van der Waals surface area contributed by atoms with Crippen LogP contribution in [0.3, 0.4) is 0 Å². The highest BCUT2D eigenvalue weighted by Crippen LogP contribution is 2.43. The van der Waals surface area contributed by atoms with Gasteiger partial charge in [0.15, 0.2) is 0 Å². The molecule has 12 rings (SSSR count). The minimum atomic E-state index is 0.856. The predicted octanol–water partition coefficient (Wildman–Crippen LogP) is 16.8. The summed E-state index contributed by atoms with van der Waals surface area (Å²) in [6.07, 6.45) is 0. The van der Waals surface area contributed by atoms with Gasteiger partial charge in [0.1, 0.15) is 22.3 Å². The van der Waals surface area contributed by atoms with E-state index in [4.69, 9.17) is 8.83 Å². The number of para-hydroxylation sites is 1. The monoisotopic (exact) mass is 779 g/mol. The van der Waals surface area contributed by atoms with Gasteiger partial charge < -0.3 is 13.7 Å². The van der Waals surface area contributed by atoms with Gasteiger partial charge in [0.25, 0.3) is 0 Å². The molecule has 0 unspecified atom stereocenters. The quantitative estimate of drug-likeness (QED) is 0.161. The summed E-state index contributed by atoms with van der Waals surface area (Å²) < 4.78 is 13.0. The maximum atomic E-state index is 6.54. The maximum Gasteiger partial charge on any atom is 0.143 e. The lowest BCUT2D eigenvalue weighted by Gasteiger charge is -2.26. The van der Waals surface area contributed by atoms with Gasteiger partial charge in [-0.3, -0.25) is 0 Å². The van der Waals surface area contributed by atoms with Gasteiger partial charge in [0, 0.05) is 50.1 Å². The van der Waals surface area contributed by atoms with E-state index < -0.39 is 0 Å². The van der Waals surface area contributed by atoms with Crippen molar-refractivity contribution in [1.29, 1.82) is 0 Å². The Kier molecular flexibility index (Phi) is 8.17. The minimum Gasteiger partial charge on any atom is -0.456 e. The average molecular weight is 780 g/mol. The highest BCUT2D eigenvalue weighted by molar-refractivity contribution is 6.19. The van der Waals surface area contributed by atoms with E-state index in [1.807, 2.05) is 12.1 Å². The van der Waals surface area contributed by atoms with Gasteiger partial charge in [-0.1, -0.05) is 158 Å². The molecule has 2 aromatic heterocycles. The van der Waals surface area contributed by atoms with Crippen LogP contribution >= 0.6 is 0 Å². The van der Waals surface area contributed by atoms with E-state index in [0.29, 0.717) is 0 Å². The highest BCUT2D eigenvalue weighted by atomic mass is 16.3. The molecular formula is C58H37NO2. The first kappa shape index (κ1) is 34.9. The number of hydrogen-bond donors (Lipinski definition) is 0. The molecule has 0 amide bonds. The van der Waals surface area contributed by atoms with Crippen molar-refractivity contribution in [2.75, 3.05) is 4.90 Å². The molecule has 61 heavy (non-hydrogen) atoms. The number of anilines is 3. The predicted molar refractivity (Wildman–Crippen MR) is 255 cm³/mol. The lowest BCUT2D eigenvalue weighted by atomic mass is 9.91. The van der Waals surface area contributed by atoms with Crippen LogP contribution in [0.5, 0.6) is 0 Å². The Labute approximate surface area is 353 Å². The summed E-state index contributed by atoms with van der Waals surface area (Å²) in [5, 5.41) is 6.77. The number of nitrogens with zero attached hydrogens (tertiary/aromatic N) is 1. The average Bonchev–Trinajstić information content (AvgIpc) is 3.91. The molecule has 0 saturated heterocycles. The van der Waals surface area contributed by atoms with Gasteiger partial charge in [-0.15, -0.1) is 0 Å². The Morgan fingerprint density at radius 2 is 0.852 bits per heavy atom. The number of furan rings is 2. The van der Waals surface area contributed by atoms with E-state index in [-0.39, 0.29) is 0 Å². The van der Waals surface area contributed by atoms with Crippen LogP contribution in [0.15, 0.2) is 233 Å². The second-order valence-electron chi connectivity index (χ2n) is 15.6. The van der Waals surface area contributed by atoms with Crippen LogP contribution in [-0.4, -0.2) is 0 Å². The van der Waals surface area contributed by atoms with Crippen molar-refractivity contribution in [1.82, 2.24) is 0 Å². The Morgan fingerprint density at radius 3 is 1.62 bits per heavy atom. The topological polar surface area (TPSA) is 29.5 Å². The van der Waals surface area contributed by atoms with E-state index in [0.717, 1.165) is 83.0 Å². The zero-order chi connectivity index (χ0) is 40.3. The molecule has 0 atom stereocenters. The first-order valence-electron chi connectivity index (χ1n) is 20.7. The molecule has 0 bridgehead atoms. The van der Waals surface area contributed by atoms with Crippen LogP contribution in [-0.2, 0) is 0 Å². The number of rotatable bonds is 7. The molecule has 0 radical (unpaired) electrons. The zero-order valence-electron chi connectivity index (χ0n) is 33.1. The molecule has 0 spiro atoms. The molecule has 0 fully saturated rings. The molecule has 10 aromatic carbocycles. The number of benzene rings is 10. The van der Waals surface area contributed by atoms with E-state index in [1.54, 1.807) is 0 Å². The molecule has 0 aliphatic rings.